The number of ether oxygens (including phenoxy) is 1. The summed E-state index contributed by atoms with van der Waals surface area (Å²) in [7, 11) is 0. The SMILES string of the molecule is CCOCN1C(C(=O)O)CCC1c1cc(C)on1. The highest BCUT2D eigenvalue weighted by Gasteiger charge is 2.39. The van der Waals surface area contributed by atoms with Crippen LogP contribution in [-0.2, 0) is 9.53 Å². The fraction of sp³-hybridized carbons (Fsp3) is 0.667. The molecule has 1 N–H and O–H groups in total. The van der Waals surface area contributed by atoms with E-state index in [2.05, 4.69) is 5.16 Å². The Bertz CT molecular complexity index is 418. The molecule has 6 heteroatoms. The van der Waals surface area contributed by atoms with Gasteiger partial charge in [0.1, 0.15) is 24.2 Å². The lowest BCUT2D eigenvalue weighted by molar-refractivity contribution is -0.145. The van der Waals surface area contributed by atoms with Crippen LogP contribution in [0.4, 0.5) is 0 Å². The zero-order valence-corrected chi connectivity index (χ0v) is 10.6. The molecular weight excluding hydrogens is 236 g/mol. The summed E-state index contributed by atoms with van der Waals surface area (Å²) in [4.78, 5) is 13.1. The minimum absolute atomic E-state index is 0.0323. The summed E-state index contributed by atoms with van der Waals surface area (Å²) in [6, 6.07) is 1.32. The molecule has 1 aliphatic heterocycles. The minimum Gasteiger partial charge on any atom is -0.480 e. The van der Waals surface area contributed by atoms with Crippen LogP contribution in [0, 0.1) is 6.92 Å². The normalized spacial score (nSPS) is 24.6. The van der Waals surface area contributed by atoms with Crippen LogP contribution in [0.25, 0.3) is 0 Å². The van der Waals surface area contributed by atoms with Gasteiger partial charge in [0.15, 0.2) is 0 Å². The van der Waals surface area contributed by atoms with Crippen molar-refractivity contribution >= 4 is 5.97 Å². The van der Waals surface area contributed by atoms with E-state index < -0.39 is 12.0 Å². The van der Waals surface area contributed by atoms with Gasteiger partial charge in [0.2, 0.25) is 0 Å². The highest BCUT2D eigenvalue weighted by molar-refractivity contribution is 5.74. The molecular formula is C12H18N2O4. The van der Waals surface area contributed by atoms with Crippen molar-refractivity contribution in [2.45, 2.75) is 38.8 Å². The standard InChI is InChI=1S/C12H18N2O4/c1-3-17-7-14-10(4-5-11(14)12(15)16)9-6-8(2)18-13-9/h6,10-11H,3-5,7H2,1-2H3,(H,15,16). The third-order valence-corrected chi connectivity index (χ3v) is 3.23. The number of aromatic nitrogens is 1. The summed E-state index contributed by atoms with van der Waals surface area (Å²) in [5.74, 6) is -0.0717. The predicted octanol–water partition coefficient (Wildman–Crippen LogP) is 1.57. The molecule has 1 saturated heterocycles. The quantitative estimate of drug-likeness (QED) is 0.859. The van der Waals surface area contributed by atoms with E-state index in [0.29, 0.717) is 19.8 Å². The number of carboxylic acid groups (broad SMARTS) is 1. The molecule has 18 heavy (non-hydrogen) atoms. The number of rotatable bonds is 5. The summed E-state index contributed by atoms with van der Waals surface area (Å²) in [5, 5.41) is 13.2. The van der Waals surface area contributed by atoms with Crippen LogP contribution in [-0.4, -0.2) is 40.5 Å². The Morgan fingerprint density at radius 1 is 1.67 bits per heavy atom. The van der Waals surface area contributed by atoms with Crippen LogP contribution in [0.3, 0.4) is 0 Å². The number of aryl methyl sites for hydroxylation is 1. The predicted molar refractivity (Wildman–Crippen MR) is 63.0 cm³/mol. The summed E-state index contributed by atoms with van der Waals surface area (Å²) < 4.78 is 10.4. The average Bonchev–Trinajstić information content (AvgIpc) is 2.91. The van der Waals surface area contributed by atoms with Crippen molar-refractivity contribution in [3.63, 3.8) is 0 Å². The van der Waals surface area contributed by atoms with Crippen molar-refractivity contribution < 1.29 is 19.2 Å². The Labute approximate surface area is 106 Å². The fourth-order valence-electron chi connectivity index (χ4n) is 2.37. The molecule has 6 nitrogen and oxygen atoms in total. The van der Waals surface area contributed by atoms with E-state index >= 15 is 0 Å². The first-order chi connectivity index (χ1) is 8.63. The molecule has 1 fully saturated rings. The van der Waals surface area contributed by atoms with Gasteiger partial charge in [-0.3, -0.25) is 9.69 Å². The number of hydrogen-bond acceptors (Lipinski definition) is 5. The van der Waals surface area contributed by atoms with Crippen molar-refractivity contribution in [1.29, 1.82) is 0 Å². The van der Waals surface area contributed by atoms with Gasteiger partial charge in [0.05, 0.1) is 6.04 Å². The molecule has 2 atom stereocenters. The molecule has 2 rings (SSSR count). The second-order valence-electron chi connectivity index (χ2n) is 4.45. The van der Waals surface area contributed by atoms with E-state index in [1.165, 1.54) is 0 Å². The lowest BCUT2D eigenvalue weighted by Crippen LogP contribution is -2.39. The molecule has 0 saturated carbocycles. The zero-order valence-electron chi connectivity index (χ0n) is 10.6. The summed E-state index contributed by atoms with van der Waals surface area (Å²) in [5.41, 5.74) is 0.788. The topological polar surface area (TPSA) is 75.8 Å². The van der Waals surface area contributed by atoms with Gasteiger partial charge in [-0.15, -0.1) is 0 Å². The second-order valence-corrected chi connectivity index (χ2v) is 4.45. The largest absolute Gasteiger partial charge is 0.480 e. The first-order valence-corrected chi connectivity index (χ1v) is 6.13. The molecule has 1 aliphatic rings. The van der Waals surface area contributed by atoms with E-state index in [0.717, 1.165) is 17.9 Å². The van der Waals surface area contributed by atoms with Crippen molar-refractivity contribution in [1.82, 2.24) is 10.1 Å². The third kappa shape index (κ3) is 2.54. The van der Waals surface area contributed by atoms with E-state index in [-0.39, 0.29) is 6.04 Å². The molecule has 0 aliphatic carbocycles. The second kappa shape index (κ2) is 5.49. The van der Waals surface area contributed by atoms with Crippen molar-refractivity contribution in [2.75, 3.05) is 13.3 Å². The highest BCUT2D eigenvalue weighted by Crippen LogP contribution is 2.35. The molecule has 2 heterocycles. The number of aliphatic carboxylic acids is 1. The number of hydrogen-bond donors (Lipinski definition) is 1. The van der Waals surface area contributed by atoms with E-state index in [1.807, 2.05) is 24.8 Å². The maximum Gasteiger partial charge on any atom is 0.321 e. The number of carbonyl (C=O) groups is 1. The average molecular weight is 254 g/mol. The van der Waals surface area contributed by atoms with E-state index in [4.69, 9.17) is 9.26 Å². The van der Waals surface area contributed by atoms with Crippen molar-refractivity contribution in [3.8, 4) is 0 Å². The molecule has 0 aromatic carbocycles. The maximum absolute atomic E-state index is 11.2. The number of likely N-dealkylation sites (tertiary alicyclic amines) is 1. The molecule has 0 spiro atoms. The maximum atomic E-state index is 11.2. The zero-order chi connectivity index (χ0) is 13.1. The number of nitrogens with zero attached hydrogens (tertiary/aromatic N) is 2. The van der Waals surface area contributed by atoms with Crippen LogP contribution in [0.5, 0.6) is 0 Å². The fourth-order valence-corrected chi connectivity index (χ4v) is 2.37. The summed E-state index contributed by atoms with van der Waals surface area (Å²) in [6.07, 6.45) is 1.37. The van der Waals surface area contributed by atoms with Gasteiger partial charge in [0, 0.05) is 12.7 Å². The molecule has 1 aromatic rings. The molecule has 0 amide bonds. The van der Waals surface area contributed by atoms with Gasteiger partial charge in [-0.25, -0.2) is 0 Å². The van der Waals surface area contributed by atoms with Crippen molar-refractivity contribution in [3.05, 3.63) is 17.5 Å². The molecule has 1 aromatic heterocycles. The Morgan fingerprint density at radius 2 is 2.44 bits per heavy atom. The lowest BCUT2D eigenvalue weighted by Gasteiger charge is -2.26. The van der Waals surface area contributed by atoms with Gasteiger partial charge in [-0.1, -0.05) is 5.16 Å². The van der Waals surface area contributed by atoms with Crippen LogP contribution in [0.1, 0.15) is 37.3 Å². The Hall–Kier alpha value is -1.40. The molecule has 0 radical (unpaired) electrons. The first-order valence-electron chi connectivity index (χ1n) is 6.13. The molecule has 100 valence electrons. The monoisotopic (exact) mass is 254 g/mol. The van der Waals surface area contributed by atoms with Gasteiger partial charge < -0.3 is 14.4 Å². The Balaban J connectivity index is 2.16. The Morgan fingerprint density at radius 3 is 3.00 bits per heavy atom. The molecule has 2 unspecified atom stereocenters. The van der Waals surface area contributed by atoms with Crippen molar-refractivity contribution in [2.24, 2.45) is 0 Å². The number of carboxylic acids is 1. The van der Waals surface area contributed by atoms with E-state index in [1.54, 1.807) is 0 Å². The van der Waals surface area contributed by atoms with Crippen LogP contribution in [0.2, 0.25) is 0 Å². The van der Waals surface area contributed by atoms with Crippen LogP contribution < -0.4 is 0 Å². The van der Waals surface area contributed by atoms with Gasteiger partial charge in [0.25, 0.3) is 0 Å². The first kappa shape index (κ1) is 13.0. The third-order valence-electron chi connectivity index (χ3n) is 3.23. The molecule has 0 bridgehead atoms. The van der Waals surface area contributed by atoms with Gasteiger partial charge in [-0.2, -0.15) is 0 Å². The summed E-state index contributed by atoms with van der Waals surface area (Å²) >= 11 is 0. The highest BCUT2D eigenvalue weighted by atomic mass is 16.5. The minimum atomic E-state index is -0.808. The van der Waals surface area contributed by atoms with Crippen LogP contribution >= 0.6 is 0 Å². The Kier molecular flexibility index (Phi) is 3.98. The van der Waals surface area contributed by atoms with E-state index in [9.17, 15) is 9.90 Å². The van der Waals surface area contributed by atoms with Crippen LogP contribution in [0.15, 0.2) is 10.6 Å². The van der Waals surface area contributed by atoms with Gasteiger partial charge >= 0.3 is 5.97 Å². The lowest BCUT2D eigenvalue weighted by atomic mass is 10.1. The smallest absolute Gasteiger partial charge is 0.321 e. The summed E-state index contributed by atoms with van der Waals surface area (Å²) in [6.45, 7) is 4.59. The van der Waals surface area contributed by atoms with Gasteiger partial charge in [-0.05, 0) is 26.7 Å².